The van der Waals surface area contributed by atoms with Crippen LogP contribution in [0.3, 0.4) is 0 Å². The SMILES string of the molecule is CC(C)C(C(=O)NCC(O)CN1CCOCC1)c1ccccc1. The summed E-state index contributed by atoms with van der Waals surface area (Å²) >= 11 is 0. The third-order valence-corrected chi connectivity index (χ3v) is 4.19. The van der Waals surface area contributed by atoms with Gasteiger partial charge >= 0.3 is 0 Å². The third kappa shape index (κ3) is 5.61. The van der Waals surface area contributed by atoms with Gasteiger partial charge in [0.25, 0.3) is 0 Å². The maximum absolute atomic E-state index is 12.5. The van der Waals surface area contributed by atoms with Crippen molar-refractivity contribution in [1.29, 1.82) is 0 Å². The molecule has 1 aliphatic rings. The fraction of sp³-hybridized carbons (Fsp3) is 0.611. The standard InChI is InChI=1S/C18H28N2O3/c1-14(2)17(15-6-4-3-5-7-15)18(22)19-12-16(21)13-20-8-10-23-11-9-20/h3-7,14,16-17,21H,8-13H2,1-2H3,(H,19,22). The molecule has 0 bridgehead atoms. The molecule has 1 saturated heterocycles. The Balaban J connectivity index is 1.84. The second-order valence-electron chi connectivity index (χ2n) is 6.44. The molecule has 128 valence electrons. The average Bonchev–Trinajstić information content (AvgIpc) is 2.55. The van der Waals surface area contributed by atoms with Crippen molar-refractivity contribution in [2.24, 2.45) is 5.92 Å². The molecule has 0 radical (unpaired) electrons. The predicted octanol–water partition coefficient (Wildman–Crippen LogP) is 1.24. The number of amides is 1. The van der Waals surface area contributed by atoms with Crippen molar-refractivity contribution < 1.29 is 14.6 Å². The fourth-order valence-electron chi connectivity index (χ4n) is 2.97. The normalized spacial score (nSPS) is 18.6. The number of carbonyl (C=O) groups is 1. The molecule has 1 aromatic rings. The van der Waals surface area contributed by atoms with Gasteiger partial charge in [0, 0.05) is 26.2 Å². The van der Waals surface area contributed by atoms with Crippen molar-refractivity contribution in [2.45, 2.75) is 25.9 Å². The highest BCUT2D eigenvalue weighted by Gasteiger charge is 2.24. The fourth-order valence-corrected chi connectivity index (χ4v) is 2.97. The zero-order valence-corrected chi connectivity index (χ0v) is 14.1. The molecule has 5 nitrogen and oxygen atoms in total. The van der Waals surface area contributed by atoms with Crippen LogP contribution in [-0.4, -0.2) is 61.4 Å². The number of β-amino-alcohol motifs (C(OH)–C–C–N with tert-alkyl or cyclic N) is 1. The van der Waals surface area contributed by atoms with Gasteiger partial charge in [0.1, 0.15) is 0 Å². The molecule has 2 atom stereocenters. The molecule has 1 aliphatic heterocycles. The van der Waals surface area contributed by atoms with Gasteiger partial charge in [0.2, 0.25) is 5.91 Å². The van der Waals surface area contributed by atoms with Gasteiger partial charge in [-0.1, -0.05) is 44.2 Å². The summed E-state index contributed by atoms with van der Waals surface area (Å²) < 4.78 is 5.29. The van der Waals surface area contributed by atoms with Gasteiger partial charge < -0.3 is 15.2 Å². The Labute approximate surface area is 138 Å². The van der Waals surface area contributed by atoms with Crippen molar-refractivity contribution in [3.05, 3.63) is 35.9 Å². The third-order valence-electron chi connectivity index (χ3n) is 4.19. The second-order valence-corrected chi connectivity index (χ2v) is 6.44. The van der Waals surface area contributed by atoms with Crippen LogP contribution in [0.15, 0.2) is 30.3 Å². The van der Waals surface area contributed by atoms with Crippen molar-refractivity contribution in [2.75, 3.05) is 39.4 Å². The molecule has 1 aromatic carbocycles. The van der Waals surface area contributed by atoms with Gasteiger partial charge in [-0.25, -0.2) is 0 Å². The molecule has 5 heteroatoms. The van der Waals surface area contributed by atoms with Crippen LogP contribution in [0.2, 0.25) is 0 Å². The lowest BCUT2D eigenvalue weighted by Crippen LogP contribution is -2.45. The lowest BCUT2D eigenvalue weighted by atomic mass is 9.87. The zero-order chi connectivity index (χ0) is 16.7. The van der Waals surface area contributed by atoms with E-state index in [0.717, 1.165) is 18.7 Å². The Hall–Kier alpha value is -1.43. The molecule has 0 aliphatic carbocycles. The van der Waals surface area contributed by atoms with E-state index in [2.05, 4.69) is 10.2 Å². The van der Waals surface area contributed by atoms with Crippen molar-refractivity contribution >= 4 is 5.91 Å². The van der Waals surface area contributed by atoms with E-state index in [1.807, 2.05) is 44.2 Å². The molecule has 0 spiro atoms. The van der Waals surface area contributed by atoms with E-state index in [1.54, 1.807) is 0 Å². The lowest BCUT2D eigenvalue weighted by molar-refractivity contribution is -0.124. The Morgan fingerprint density at radius 2 is 1.91 bits per heavy atom. The van der Waals surface area contributed by atoms with Crippen LogP contribution >= 0.6 is 0 Å². The molecule has 0 aromatic heterocycles. The largest absolute Gasteiger partial charge is 0.390 e. The highest BCUT2D eigenvalue weighted by Crippen LogP contribution is 2.24. The van der Waals surface area contributed by atoms with Crippen molar-refractivity contribution in [1.82, 2.24) is 10.2 Å². The molecule has 2 rings (SSSR count). The monoisotopic (exact) mass is 320 g/mol. The van der Waals surface area contributed by atoms with Gasteiger partial charge in [-0.15, -0.1) is 0 Å². The number of carbonyl (C=O) groups excluding carboxylic acids is 1. The van der Waals surface area contributed by atoms with Crippen LogP contribution in [0.5, 0.6) is 0 Å². The number of nitrogens with one attached hydrogen (secondary N) is 1. The van der Waals surface area contributed by atoms with E-state index in [-0.39, 0.29) is 24.3 Å². The summed E-state index contributed by atoms with van der Waals surface area (Å²) in [5, 5.41) is 13.0. The number of benzene rings is 1. The highest BCUT2D eigenvalue weighted by molar-refractivity contribution is 5.83. The second kappa shape index (κ2) is 9.01. The number of nitrogens with zero attached hydrogens (tertiary/aromatic N) is 1. The van der Waals surface area contributed by atoms with Crippen LogP contribution in [0.4, 0.5) is 0 Å². The molecule has 0 saturated carbocycles. The number of ether oxygens (including phenoxy) is 1. The molecule has 1 heterocycles. The van der Waals surface area contributed by atoms with E-state index in [9.17, 15) is 9.90 Å². The molecule has 2 N–H and O–H groups in total. The van der Waals surface area contributed by atoms with E-state index in [1.165, 1.54) is 0 Å². The Kier molecular flexibility index (Phi) is 7.02. The van der Waals surface area contributed by atoms with E-state index < -0.39 is 6.10 Å². The minimum absolute atomic E-state index is 0.0211. The van der Waals surface area contributed by atoms with E-state index >= 15 is 0 Å². The number of rotatable bonds is 7. The Morgan fingerprint density at radius 1 is 1.26 bits per heavy atom. The minimum Gasteiger partial charge on any atom is -0.390 e. The van der Waals surface area contributed by atoms with Gasteiger partial charge in [0.15, 0.2) is 0 Å². The summed E-state index contributed by atoms with van der Waals surface area (Å²) in [7, 11) is 0. The Morgan fingerprint density at radius 3 is 2.52 bits per heavy atom. The smallest absolute Gasteiger partial charge is 0.227 e. The van der Waals surface area contributed by atoms with Gasteiger partial charge in [-0.2, -0.15) is 0 Å². The number of aliphatic hydroxyl groups is 1. The van der Waals surface area contributed by atoms with E-state index in [4.69, 9.17) is 4.74 Å². The molecule has 1 amide bonds. The average molecular weight is 320 g/mol. The van der Waals surface area contributed by atoms with Crippen LogP contribution in [0, 0.1) is 5.92 Å². The molecular weight excluding hydrogens is 292 g/mol. The summed E-state index contributed by atoms with van der Waals surface area (Å²) in [5.41, 5.74) is 1.02. The molecule has 2 unspecified atom stereocenters. The Bertz CT molecular complexity index is 472. The van der Waals surface area contributed by atoms with Crippen molar-refractivity contribution in [3.63, 3.8) is 0 Å². The first kappa shape index (κ1) is 17.9. The first-order valence-corrected chi connectivity index (χ1v) is 8.38. The summed E-state index contributed by atoms with van der Waals surface area (Å²) in [6.07, 6.45) is -0.555. The first-order valence-electron chi connectivity index (χ1n) is 8.38. The van der Waals surface area contributed by atoms with Gasteiger partial charge in [-0.3, -0.25) is 9.69 Å². The number of hydrogen-bond acceptors (Lipinski definition) is 4. The summed E-state index contributed by atoms with van der Waals surface area (Å²) in [5.74, 6) is -0.00667. The molecule has 23 heavy (non-hydrogen) atoms. The summed E-state index contributed by atoms with van der Waals surface area (Å²) in [6, 6.07) is 9.81. The maximum atomic E-state index is 12.5. The van der Waals surface area contributed by atoms with Crippen LogP contribution < -0.4 is 5.32 Å². The maximum Gasteiger partial charge on any atom is 0.227 e. The van der Waals surface area contributed by atoms with Gasteiger partial charge in [0.05, 0.1) is 25.2 Å². The predicted molar refractivity (Wildman–Crippen MR) is 90.3 cm³/mol. The number of morpholine rings is 1. The highest BCUT2D eigenvalue weighted by atomic mass is 16.5. The van der Waals surface area contributed by atoms with Crippen molar-refractivity contribution in [3.8, 4) is 0 Å². The number of aliphatic hydroxyl groups excluding tert-OH is 1. The summed E-state index contributed by atoms with van der Waals surface area (Å²) in [6.45, 7) is 8.04. The summed E-state index contributed by atoms with van der Waals surface area (Å²) in [4.78, 5) is 14.7. The zero-order valence-electron chi connectivity index (χ0n) is 14.1. The quantitative estimate of drug-likeness (QED) is 0.793. The first-order chi connectivity index (χ1) is 11.1. The molecule has 1 fully saturated rings. The van der Waals surface area contributed by atoms with Gasteiger partial charge in [-0.05, 0) is 11.5 Å². The minimum atomic E-state index is -0.555. The lowest BCUT2D eigenvalue weighted by Gasteiger charge is -2.29. The number of hydrogen-bond donors (Lipinski definition) is 2. The van der Waals surface area contributed by atoms with Crippen LogP contribution in [0.25, 0.3) is 0 Å². The molecular formula is C18H28N2O3. The van der Waals surface area contributed by atoms with Crippen LogP contribution in [-0.2, 0) is 9.53 Å². The van der Waals surface area contributed by atoms with Crippen LogP contribution in [0.1, 0.15) is 25.3 Å². The van der Waals surface area contributed by atoms with E-state index in [0.29, 0.717) is 19.8 Å². The topological polar surface area (TPSA) is 61.8 Å².